The molecule has 2 aromatic rings. The van der Waals surface area contributed by atoms with Gasteiger partial charge in [0.1, 0.15) is 5.69 Å². The predicted molar refractivity (Wildman–Crippen MR) is 93.7 cm³/mol. The van der Waals surface area contributed by atoms with Crippen LogP contribution in [0.1, 0.15) is 36.2 Å². The Hall–Kier alpha value is -1.93. The Morgan fingerprint density at radius 3 is 2.42 bits per heavy atom. The second-order valence-corrected chi connectivity index (χ2v) is 8.20. The minimum Gasteiger partial charge on any atom is -0.337 e. The fraction of sp³-hybridized carbons (Fsp3) is 0.375. The molecule has 1 saturated heterocycles. The number of benzene rings is 1. The fourth-order valence-electron chi connectivity index (χ4n) is 2.63. The van der Waals surface area contributed by atoms with Crippen molar-refractivity contribution in [3.8, 4) is 0 Å². The topological polar surface area (TPSA) is 79.4 Å². The summed E-state index contributed by atoms with van der Waals surface area (Å²) in [5.41, 5.74) is 0.299. The van der Waals surface area contributed by atoms with Crippen molar-refractivity contribution in [1.82, 2.24) is 9.88 Å². The smallest absolute Gasteiger partial charge is 0.273 e. The summed E-state index contributed by atoms with van der Waals surface area (Å²) < 4.78 is 27.0. The number of nitrogens with zero attached hydrogens (tertiary/aromatic N) is 2. The van der Waals surface area contributed by atoms with Crippen LogP contribution in [0.5, 0.6) is 0 Å². The van der Waals surface area contributed by atoms with E-state index in [4.69, 9.17) is 0 Å². The third-order valence-electron chi connectivity index (χ3n) is 3.89. The third-order valence-corrected chi connectivity index (χ3v) is 6.13. The third kappa shape index (κ3) is 3.93. The molecule has 1 aromatic heterocycles. The Kier molecular flexibility index (Phi) is 5.15. The Morgan fingerprint density at radius 1 is 1.08 bits per heavy atom. The van der Waals surface area contributed by atoms with Gasteiger partial charge in [-0.1, -0.05) is 31.0 Å². The molecule has 0 atom stereocenters. The van der Waals surface area contributed by atoms with Gasteiger partial charge in [-0.2, -0.15) is 0 Å². The molecule has 3 rings (SSSR count). The van der Waals surface area contributed by atoms with Crippen LogP contribution in [0.3, 0.4) is 0 Å². The number of rotatable bonds is 4. The number of nitrogens with one attached hydrogen (secondary N) is 1. The highest BCUT2D eigenvalue weighted by Gasteiger charge is 2.21. The number of thiazole rings is 1. The lowest BCUT2D eigenvalue weighted by atomic mass is 10.2. The van der Waals surface area contributed by atoms with Gasteiger partial charge in [-0.3, -0.25) is 9.52 Å². The maximum absolute atomic E-state index is 12.5. The van der Waals surface area contributed by atoms with Crippen molar-refractivity contribution in [2.24, 2.45) is 0 Å². The van der Waals surface area contributed by atoms with Gasteiger partial charge in [-0.25, -0.2) is 13.4 Å². The summed E-state index contributed by atoms with van der Waals surface area (Å²) in [7, 11) is -3.68. The molecule has 1 N–H and O–H groups in total. The van der Waals surface area contributed by atoms with Crippen LogP contribution in [0.2, 0.25) is 0 Å². The Balaban J connectivity index is 1.72. The highest BCUT2D eigenvalue weighted by Crippen LogP contribution is 2.22. The normalized spacial score (nSPS) is 15.8. The molecule has 0 saturated carbocycles. The SMILES string of the molecule is O=C(c1csc(NS(=O)(=O)c2ccccc2)n1)N1CCCCCC1. The minimum atomic E-state index is -3.68. The molecule has 6 nitrogen and oxygen atoms in total. The number of aromatic nitrogens is 1. The summed E-state index contributed by atoms with van der Waals surface area (Å²) in [6.45, 7) is 1.48. The van der Waals surface area contributed by atoms with Gasteiger partial charge in [0.2, 0.25) is 0 Å². The number of likely N-dealkylation sites (tertiary alicyclic amines) is 1. The summed E-state index contributed by atoms with van der Waals surface area (Å²) in [6, 6.07) is 8.09. The van der Waals surface area contributed by atoms with Gasteiger partial charge < -0.3 is 4.90 Å². The fourth-order valence-corrected chi connectivity index (χ4v) is 4.59. The largest absolute Gasteiger partial charge is 0.337 e. The van der Waals surface area contributed by atoms with Crippen LogP contribution < -0.4 is 4.72 Å². The molecule has 0 bridgehead atoms. The molecule has 1 aromatic carbocycles. The van der Waals surface area contributed by atoms with Crippen molar-refractivity contribution in [2.45, 2.75) is 30.6 Å². The van der Waals surface area contributed by atoms with Crippen molar-refractivity contribution in [2.75, 3.05) is 17.8 Å². The van der Waals surface area contributed by atoms with E-state index in [2.05, 4.69) is 9.71 Å². The van der Waals surface area contributed by atoms with Crippen LogP contribution >= 0.6 is 11.3 Å². The van der Waals surface area contributed by atoms with Gasteiger partial charge in [-0.15, -0.1) is 11.3 Å². The summed E-state index contributed by atoms with van der Waals surface area (Å²) in [5, 5.41) is 1.81. The van der Waals surface area contributed by atoms with Gasteiger partial charge in [0, 0.05) is 18.5 Å². The van der Waals surface area contributed by atoms with Crippen LogP contribution in [0.4, 0.5) is 5.13 Å². The maximum atomic E-state index is 12.5. The van der Waals surface area contributed by atoms with Crippen molar-refractivity contribution in [3.05, 3.63) is 41.4 Å². The second-order valence-electron chi connectivity index (χ2n) is 5.66. The number of hydrogen-bond acceptors (Lipinski definition) is 5. The molecular formula is C16H19N3O3S2. The molecule has 0 aliphatic carbocycles. The van der Waals surface area contributed by atoms with Crippen molar-refractivity contribution in [3.63, 3.8) is 0 Å². The maximum Gasteiger partial charge on any atom is 0.273 e. The van der Waals surface area contributed by atoms with E-state index < -0.39 is 10.0 Å². The minimum absolute atomic E-state index is 0.127. The first kappa shape index (κ1) is 16.9. The van der Waals surface area contributed by atoms with Crippen LogP contribution in [-0.2, 0) is 10.0 Å². The summed E-state index contributed by atoms with van der Waals surface area (Å²) in [4.78, 5) is 18.6. The molecule has 1 aliphatic heterocycles. The molecule has 24 heavy (non-hydrogen) atoms. The number of carbonyl (C=O) groups is 1. The highest BCUT2D eigenvalue weighted by molar-refractivity contribution is 7.93. The van der Waals surface area contributed by atoms with E-state index in [1.807, 2.05) is 0 Å². The van der Waals surface area contributed by atoms with Crippen molar-refractivity contribution < 1.29 is 13.2 Å². The zero-order valence-electron chi connectivity index (χ0n) is 13.1. The number of hydrogen-bond donors (Lipinski definition) is 1. The van der Waals surface area contributed by atoms with E-state index in [0.717, 1.165) is 50.1 Å². The zero-order valence-corrected chi connectivity index (χ0v) is 14.8. The summed E-state index contributed by atoms with van der Waals surface area (Å²) in [6.07, 6.45) is 4.29. The molecule has 2 heterocycles. The number of sulfonamides is 1. The molecule has 1 fully saturated rings. The molecule has 128 valence electrons. The Morgan fingerprint density at radius 2 is 1.75 bits per heavy atom. The van der Waals surface area contributed by atoms with Gasteiger partial charge in [0.05, 0.1) is 4.90 Å². The molecule has 1 aliphatic rings. The van der Waals surface area contributed by atoms with E-state index in [1.165, 1.54) is 12.1 Å². The lowest BCUT2D eigenvalue weighted by molar-refractivity contribution is 0.0756. The van der Waals surface area contributed by atoms with Crippen LogP contribution in [0.15, 0.2) is 40.6 Å². The van der Waals surface area contributed by atoms with E-state index >= 15 is 0 Å². The Bertz CT molecular complexity index is 795. The molecule has 0 radical (unpaired) electrons. The van der Waals surface area contributed by atoms with E-state index in [1.54, 1.807) is 28.5 Å². The molecular weight excluding hydrogens is 346 g/mol. The summed E-state index contributed by atoms with van der Waals surface area (Å²) in [5.74, 6) is -0.127. The van der Waals surface area contributed by atoms with Crippen molar-refractivity contribution >= 4 is 32.4 Å². The first-order valence-corrected chi connectivity index (χ1v) is 10.3. The molecule has 8 heteroatoms. The van der Waals surface area contributed by atoms with Gasteiger partial charge in [0.15, 0.2) is 5.13 Å². The van der Waals surface area contributed by atoms with E-state index in [0.29, 0.717) is 5.69 Å². The quantitative estimate of drug-likeness (QED) is 0.903. The number of carbonyl (C=O) groups excluding carboxylic acids is 1. The second kappa shape index (κ2) is 7.31. The average Bonchev–Trinajstić information content (AvgIpc) is 2.87. The lowest BCUT2D eigenvalue weighted by Gasteiger charge is -2.18. The van der Waals surface area contributed by atoms with Crippen molar-refractivity contribution in [1.29, 1.82) is 0 Å². The highest BCUT2D eigenvalue weighted by atomic mass is 32.2. The van der Waals surface area contributed by atoms with Gasteiger partial charge in [0.25, 0.3) is 15.9 Å². The van der Waals surface area contributed by atoms with E-state index in [-0.39, 0.29) is 15.9 Å². The Labute approximate surface area is 145 Å². The predicted octanol–water partition coefficient (Wildman–Crippen LogP) is 2.96. The van der Waals surface area contributed by atoms with Gasteiger partial charge >= 0.3 is 0 Å². The number of amides is 1. The number of anilines is 1. The zero-order chi connectivity index (χ0) is 17.0. The molecule has 0 spiro atoms. The van der Waals surface area contributed by atoms with E-state index in [9.17, 15) is 13.2 Å². The molecule has 1 amide bonds. The summed E-state index contributed by atoms with van der Waals surface area (Å²) >= 11 is 1.12. The first-order chi connectivity index (χ1) is 11.6. The van der Waals surface area contributed by atoms with Crippen LogP contribution in [0.25, 0.3) is 0 Å². The average molecular weight is 365 g/mol. The molecule has 0 unspecified atom stereocenters. The van der Waals surface area contributed by atoms with Crippen LogP contribution in [0, 0.1) is 0 Å². The first-order valence-electron chi connectivity index (χ1n) is 7.89. The monoisotopic (exact) mass is 365 g/mol. The lowest BCUT2D eigenvalue weighted by Crippen LogP contribution is -2.32. The standard InChI is InChI=1S/C16H19N3O3S2/c20-15(19-10-6-1-2-7-11-19)14-12-23-16(17-14)18-24(21,22)13-8-4-3-5-9-13/h3-5,8-9,12H,1-2,6-7,10-11H2,(H,17,18). The van der Waals surface area contributed by atoms with Gasteiger partial charge in [-0.05, 0) is 25.0 Å². The van der Waals surface area contributed by atoms with Crippen LogP contribution in [-0.4, -0.2) is 37.3 Å².